The molecule has 0 aromatic heterocycles. The van der Waals surface area contributed by atoms with Crippen LogP contribution in [-0.2, 0) is 6.42 Å². The fourth-order valence-corrected chi connectivity index (χ4v) is 2.50. The van der Waals surface area contributed by atoms with Crippen molar-refractivity contribution in [1.29, 1.82) is 0 Å². The zero-order valence-electron chi connectivity index (χ0n) is 14.6. The molecule has 2 aromatic rings. The smallest absolute Gasteiger partial charge is 0.219 e. The van der Waals surface area contributed by atoms with Crippen molar-refractivity contribution in [3.8, 4) is 11.1 Å². The average Bonchev–Trinajstić information content (AvgIpc) is 2.64. The molecular weight excluding hydrogens is 288 g/mol. The minimum Gasteiger partial charge on any atom is -0.282 e. The maximum absolute atomic E-state index is 12.0. The van der Waals surface area contributed by atoms with Crippen molar-refractivity contribution in [2.45, 2.75) is 41.0 Å². The number of hydrogen-bond donors (Lipinski definition) is 0. The number of carbonyl (C=O) groups excluding carboxylic acids is 1. The molecule has 0 N–H and O–H groups in total. The Kier molecular flexibility index (Phi) is 11.2. The van der Waals surface area contributed by atoms with E-state index < -0.39 is 0 Å². The Morgan fingerprint density at radius 3 is 1.91 bits per heavy atom. The van der Waals surface area contributed by atoms with Gasteiger partial charge in [0.05, 0.1) is 0 Å². The number of aryl methyl sites for hydroxylation is 1. The summed E-state index contributed by atoms with van der Waals surface area (Å²) in [5.41, 5.74) is 4.28. The molecule has 0 fully saturated rings. The van der Waals surface area contributed by atoms with Gasteiger partial charge in [-0.15, -0.1) is 0 Å². The number of carbonyl (C=O) groups is 1. The van der Waals surface area contributed by atoms with Crippen LogP contribution < -0.4 is 0 Å². The van der Waals surface area contributed by atoms with Crippen molar-refractivity contribution in [2.24, 2.45) is 0 Å². The van der Waals surface area contributed by atoms with Gasteiger partial charge in [-0.1, -0.05) is 88.8 Å². The summed E-state index contributed by atoms with van der Waals surface area (Å²) in [5.74, 6) is 0. The van der Waals surface area contributed by atoms with Crippen LogP contribution in [0.2, 0.25) is 0 Å². The highest BCUT2D eigenvalue weighted by Crippen LogP contribution is 2.29. The molecule has 2 rings (SSSR count). The first-order valence-corrected chi connectivity index (χ1v) is 9.26. The van der Waals surface area contributed by atoms with Crippen LogP contribution in [0.4, 0.5) is 0 Å². The minimum absolute atomic E-state index is 0.122. The summed E-state index contributed by atoms with van der Waals surface area (Å²) in [4.78, 5) is 12.0. The Labute approximate surface area is 140 Å². The highest BCUT2D eigenvalue weighted by Gasteiger charge is 2.12. The highest BCUT2D eigenvalue weighted by molar-refractivity contribution is 8.13. The Morgan fingerprint density at radius 1 is 0.864 bits per heavy atom. The first-order chi connectivity index (χ1) is 10.8. The standard InChI is InChI=1S/C16H16OS.2C2H6/c1-3-12-8-4-5-9-13(12)14-10-6-7-11-15(14)16(17)18-2;2*1-2/h4-11H,3H2,1-2H3;2*1-2H3. The van der Waals surface area contributed by atoms with Crippen molar-refractivity contribution >= 4 is 16.9 Å². The molecule has 0 atom stereocenters. The first kappa shape index (κ1) is 20.5. The lowest BCUT2D eigenvalue weighted by molar-refractivity contribution is 0.109. The lowest BCUT2D eigenvalue weighted by Crippen LogP contribution is -1.97. The fourth-order valence-electron chi connectivity index (χ4n) is 2.10. The summed E-state index contributed by atoms with van der Waals surface area (Å²) in [5, 5.41) is 0.122. The fraction of sp³-hybridized carbons (Fsp3) is 0.350. The molecule has 0 amide bonds. The predicted molar refractivity (Wildman–Crippen MR) is 102 cm³/mol. The van der Waals surface area contributed by atoms with E-state index in [9.17, 15) is 4.79 Å². The van der Waals surface area contributed by atoms with Gasteiger partial charge in [-0.05, 0) is 35.4 Å². The molecule has 22 heavy (non-hydrogen) atoms. The highest BCUT2D eigenvalue weighted by atomic mass is 32.2. The number of benzene rings is 2. The topological polar surface area (TPSA) is 17.1 Å². The molecule has 2 aromatic carbocycles. The van der Waals surface area contributed by atoms with E-state index in [2.05, 4.69) is 19.1 Å². The van der Waals surface area contributed by atoms with Gasteiger partial charge >= 0.3 is 0 Å². The summed E-state index contributed by atoms with van der Waals surface area (Å²) in [6.45, 7) is 10.1. The summed E-state index contributed by atoms with van der Waals surface area (Å²) in [6.07, 6.45) is 2.79. The predicted octanol–water partition coefficient (Wildman–Crippen LogP) is 6.47. The molecular formula is C20H28OS. The molecule has 0 saturated carbocycles. The third-order valence-electron chi connectivity index (χ3n) is 3.02. The SMILES string of the molecule is CC.CC.CCc1ccccc1-c1ccccc1C(=O)SC. The van der Waals surface area contributed by atoms with E-state index in [4.69, 9.17) is 0 Å². The quantitative estimate of drug-likeness (QED) is 0.645. The number of rotatable bonds is 3. The first-order valence-electron chi connectivity index (χ1n) is 8.03. The Hall–Kier alpha value is -1.54. The molecule has 0 radical (unpaired) electrons. The maximum atomic E-state index is 12.0. The number of thioether (sulfide) groups is 1. The largest absolute Gasteiger partial charge is 0.282 e. The Balaban J connectivity index is 0.00000102. The third kappa shape index (κ3) is 5.34. The van der Waals surface area contributed by atoms with Gasteiger partial charge in [0.2, 0.25) is 5.12 Å². The average molecular weight is 317 g/mol. The van der Waals surface area contributed by atoms with E-state index in [0.29, 0.717) is 0 Å². The Bertz CT molecular complexity index is 561. The molecule has 0 unspecified atom stereocenters. The molecule has 0 bridgehead atoms. The van der Waals surface area contributed by atoms with Crippen LogP contribution >= 0.6 is 11.8 Å². The summed E-state index contributed by atoms with van der Waals surface area (Å²) >= 11 is 1.26. The molecule has 0 aliphatic heterocycles. The second-order valence-electron chi connectivity index (χ2n) is 4.05. The molecule has 0 spiro atoms. The molecule has 1 nitrogen and oxygen atoms in total. The van der Waals surface area contributed by atoms with Gasteiger partial charge in [-0.25, -0.2) is 0 Å². The van der Waals surface area contributed by atoms with E-state index >= 15 is 0 Å². The van der Waals surface area contributed by atoms with Crippen LogP contribution in [0.15, 0.2) is 48.5 Å². The van der Waals surface area contributed by atoms with E-state index in [1.54, 1.807) is 0 Å². The lowest BCUT2D eigenvalue weighted by Gasteiger charge is -2.11. The van der Waals surface area contributed by atoms with E-state index in [0.717, 1.165) is 23.1 Å². The van der Waals surface area contributed by atoms with Crippen molar-refractivity contribution < 1.29 is 4.79 Å². The zero-order chi connectivity index (χ0) is 17.0. The van der Waals surface area contributed by atoms with Crippen molar-refractivity contribution in [1.82, 2.24) is 0 Å². The second kappa shape index (κ2) is 12.0. The van der Waals surface area contributed by atoms with Gasteiger partial charge in [0.1, 0.15) is 0 Å². The van der Waals surface area contributed by atoms with Crippen molar-refractivity contribution in [2.75, 3.05) is 6.26 Å². The maximum Gasteiger partial charge on any atom is 0.219 e. The van der Waals surface area contributed by atoms with Crippen molar-refractivity contribution in [3.05, 3.63) is 59.7 Å². The molecule has 0 aliphatic rings. The van der Waals surface area contributed by atoms with Gasteiger partial charge in [0.15, 0.2) is 0 Å². The normalized spacial score (nSPS) is 9.00. The van der Waals surface area contributed by atoms with E-state index in [-0.39, 0.29) is 5.12 Å². The Morgan fingerprint density at radius 2 is 1.36 bits per heavy atom. The molecule has 0 saturated heterocycles. The van der Waals surface area contributed by atoms with Gasteiger partial charge in [-0.2, -0.15) is 0 Å². The van der Waals surface area contributed by atoms with E-state index in [1.165, 1.54) is 17.3 Å². The molecule has 0 heterocycles. The van der Waals surface area contributed by atoms with Crippen LogP contribution in [0.3, 0.4) is 0 Å². The van der Waals surface area contributed by atoms with Crippen molar-refractivity contribution in [3.63, 3.8) is 0 Å². The van der Waals surface area contributed by atoms with Gasteiger partial charge in [0, 0.05) is 5.56 Å². The second-order valence-corrected chi connectivity index (χ2v) is 4.83. The van der Waals surface area contributed by atoms with Gasteiger partial charge in [0.25, 0.3) is 0 Å². The molecule has 0 aliphatic carbocycles. The third-order valence-corrected chi connectivity index (χ3v) is 3.61. The summed E-state index contributed by atoms with van der Waals surface area (Å²) < 4.78 is 0. The van der Waals surface area contributed by atoms with Crippen LogP contribution in [0.25, 0.3) is 11.1 Å². The monoisotopic (exact) mass is 316 g/mol. The number of hydrogen-bond acceptors (Lipinski definition) is 2. The van der Waals surface area contributed by atoms with Gasteiger partial charge < -0.3 is 0 Å². The summed E-state index contributed by atoms with van der Waals surface area (Å²) in [7, 11) is 0. The summed E-state index contributed by atoms with van der Waals surface area (Å²) in [6, 6.07) is 16.1. The van der Waals surface area contributed by atoms with Crippen LogP contribution in [0.1, 0.15) is 50.5 Å². The van der Waals surface area contributed by atoms with Crippen LogP contribution in [0.5, 0.6) is 0 Å². The minimum atomic E-state index is 0.122. The molecule has 120 valence electrons. The van der Waals surface area contributed by atoms with E-state index in [1.807, 2.05) is 70.3 Å². The van der Waals surface area contributed by atoms with Crippen LogP contribution in [-0.4, -0.2) is 11.4 Å². The van der Waals surface area contributed by atoms with Crippen LogP contribution in [0, 0.1) is 0 Å². The molecule has 2 heteroatoms. The zero-order valence-corrected chi connectivity index (χ0v) is 15.5. The van der Waals surface area contributed by atoms with Gasteiger partial charge in [-0.3, -0.25) is 4.79 Å². The lowest BCUT2D eigenvalue weighted by atomic mass is 9.95.